The molecule has 1 aliphatic heterocycles. The monoisotopic (exact) mass is 362 g/mol. The molecule has 25 heavy (non-hydrogen) atoms. The van der Waals surface area contributed by atoms with E-state index in [0.29, 0.717) is 26.3 Å². The van der Waals surface area contributed by atoms with E-state index in [1.807, 2.05) is 19.0 Å². The highest BCUT2D eigenvalue weighted by atomic mass is 19.4. The molecule has 1 amide bonds. The Bertz CT molecular complexity index is 579. The molecule has 1 heterocycles. The number of likely N-dealkylation sites (N-methyl/N-ethyl adjacent to an activating group) is 1. The maximum atomic E-state index is 13.1. The van der Waals surface area contributed by atoms with E-state index in [2.05, 4.69) is 0 Å². The van der Waals surface area contributed by atoms with Crippen LogP contribution in [0, 0.1) is 0 Å². The average Bonchev–Trinajstić information content (AvgIpc) is 2.54. The Kier molecular flexibility index (Phi) is 7.85. The molecule has 1 atom stereocenters. The Morgan fingerprint density at radius 2 is 2.00 bits per heavy atom. The van der Waals surface area contributed by atoms with E-state index in [0.717, 1.165) is 6.07 Å². The first kappa shape index (κ1) is 20.9. The van der Waals surface area contributed by atoms with Gasteiger partial charge in [-0.1, -0.05) is 12.1 Å². The van der Waals surface area contributed by atoms with Gasteiger partial charge in [-0.25, -0.2) is 0 Å². The zero-order valence-electron chi connectivity index (χ0n) is 14.0. The lowest BCUT2D eigenvalue weighted by Gasteiger charge is -2.37. The standard InChI is InChI=1S/C15H19F3N2O2.CH2O2/c1-19(2)9-11-10-22-8-7-20(11)14(21)12-5-3-4-6-13(12)15(16,17)18;2-1-3/h3-6,11H,7-10H2,1-2H3;1H,(H,2,3). The van der Waals surface area contributed by atoms with Gasteiger partial charge >= 0.3 is 6.18 Å². The van der Waals surface area contributed by atoms with Crippen molar-refractivity contribution in [2.75, 3.05) is 40.4 Å². The number of nitrogens with zero attached hydrogens (tertiary/aromatic N) is 2. The van der Waals surface area contributed by atoms with Crippen LogP contribution in [0.25, 0.3) is 0 Å². The number of halogens is 3. The van der Waals surface area contributed by atoms with Crippen LogP contribution in [0.5, 0.6) is 0 Å². The largest absolute Gasteiger partial charge is 0.483 e. The first-order chi connectivity index (χ1) is 11.7. The fourth-order valence-corrected chi connectivity index (χ4v) is 2.57. The van der Waals surface area contributed by atoms with Crippen LogP contribution in [0.15, 0.2) is 24.3 Å². The van der Waals surface area contributed by atoms with E-state index in [9.17, 15) is 18.0 Å². The maximum Gasteiger partial charge on any atom is 0.417 e. The molecular weight excluding hydrogens is 341 g/mol. The van der Waals surface area contributed by atoms with Gasteiger partial charge in [-0.15, -0.1) is 0 Å². The highest BCUT2D eigenvalue weighted by Gasteiger charge is 2.37. The molecule has 2 rings (SSSR count). The van der Waals surface area contributed by atoms with E-state index in [-0.39, 0.29) is 18.1 Å². The van der Waals surface area contributed by atoms with Crippen molar-refractivity contribution in [3.63, 3.8) is 0 Å². The molecule has 0 aromatic heterocycles. The molecule has 9 heteroatoms. The zero-order chi connectivity index (χ0) is 19.0. The molecule has 140 valence electrons. The Hall–Kier alpha value is -2.13. The lowest BCUT2D eigenvalue weighted by atomic mass is 10.0. The molecule has 0 radical (unpaired) electrons. The number of alkyl halides is 3. The van der Waals surface area contributed by atoms with Gasteiger partial charge in [-0.3, -0.25) is 9.59 Å². The van der Waals surface area contributed by atoms with Crippen LogP contribution in [0.2, 0.25) is 0 Å². The van der Waals surface area contributed by atoms with Crippen LogP contribution in [0.1, 0.15) is 15.9 Å². The van der Waals surface area contributed by atoms with Gasteiger partial charge in [0.15, 0.2) is 0 Å². The van der Waals surface area contributed by atoms with Crippen LogP contribution in [0.4, 0.5) is 13.2 Å². The van der Waals surface area contributed by atoms with Crippen LogP contribution in [-0.2, 0) is 15.7 Å². The van der Waals surface area contributed by atoms with Gasteiger partial charge in [0.05, 0.1) is 30.4 Å². The van der Waals surface area contributed by atoms with Crippen molar-refractivity contribution in [2.24, 2.45) is 0 Å². The summed E-state index contributed by atoms with van der Waals surface area (Å²) in [6, 6.07) is 4.65. The highest BCUT2D eigenvalue weighted by molar-refractivity contribution is 5.96. The minimum atomic E-state index is -4.55. The number of hydrogen-bond donors (Lipinski definition) is 1. The number of carbonyl (C=O) groups excluding carboxylic acids is 1. The molecular formula is C16H21F3N2O4. The van der Waals surface area contributed by atoms with E-state index < -0.39 is 17.6 Å². The van der Waals surface area contributed by atoms with Crippen molar-refractivity contribution in [2.45, 2.75) is 12.2 Å². The van der Waals surface area contributed by atoms with Crippen molar-refractivity contribution in [3.8, 4) is 0 Å². The highest BCUT2D eigenvalue weighted by Crippen LogP contribution is 2.32. The number of rotatable bonds is 3. The summed E-state index contributed by atoms with van der Waals surface area (Å²) in [6.07, 6.45) is -4.55. The Balaban J connectivity index is 0.000000970. The second-order valence-corrected chi connectivity index (χ2v) is 5.64. The van der Waals surface area contributed by atoms with Crippen molar-refractivity contribution >= 4 is 12.4 Å². The fraction of sp³-hybridized carbons (Fsp3) is 0.500. The minimum absolute atomic E-state index is 0.250. The molecule has 1 saturated heterocycles. The molecule has 1 aliphatic rings. The minimum Gasteiger partial charge on any atom is -0.483 e. The molecule has 0 spiro atoms. The summed E-state index contributed by atoms with van der Waals surface area (Å²) in [4.78, 5) is 24.3. The van der Waals surface area contributed by atoms with Crippen LogP contribution < -0.4 is 0 Å². The Morgan fingerprint density at radius 3 is 2.56 bits per heavy atom. The summed E-state index contributed by atoms with van der Waals surface area (Å²) in [6.45, 7) is 1.26. The molecule has 0 bridgehead atoms. The molecule has 0 saturated carbocycles. The van der Waals surface area contributed by atoms with Gasteiger partial charge in [-0.2, -0.15) is 13.2 Å². The average molecular weight is 362 g/mol. The van der Waals surface area contributed by atoms with E-state index in [4.69, 9.17) is 14.6 Å². The van der Waals surface area contributed by atoms with Gasteiger partial charge in [0.25, 0.3) is 12.4 Å². The third-order valence-corrected chi connectivity index (χ3v) is 3.53. The Labute approximate surface area is 143 Å². The molecule has 1 aromatic rings. The summed E-state index contributed by atoms with van der Waals surface area (Å²) in [7, 11) is 3.70. The first-order valence-electron chi connectivity index (χ1n) is 7.49. The van der Waals surface area contributed by atoms with Gasteiger partial charge in [0, 0.05) is 13.1 Å². The lowest BCUT2D eigenvalue weighted by Crippen LogP contribution is -2.52. The van der Waals surface area contributed by atoms with E-state index >= 15 is 0 Å². The quantitative estimate of drug-likeness (QED) is 0.831. The van der Waals surface area contributed by atoms with Crippen molar-refractivity contribution in [1.29, 1.82) is 0 Å². The second kappa shape index (κ2) is 9.38. The van der Waals surface area contributed by atoms with E-state index in [1.165, 1.54) is 23.1 Å². The SMILES string of the molecule is CN(C)CC1COCCN1C(=O)c1ccccc1C(F)(F)F.O=CO. The van der Waals surface area contributed by atoms with Gasteiger partial charge in [0.2, 0.25) is 0 Å². The van der Waals surface area contributed by atoms with Crippen LogP contribution in [-0.4, -0.2) is 73.7 Å². The second-order valence-electron chi connectivity index (χ2n) is 5.64. The normalized spacial score (nSPS) is 17.7. The fourth-order valence-electron chi connectivity index (χ4n) is 2.57. The summed E-state index contributed by atoms with van der Waals surface area (Å²) in [5.41, 5.74) is -1.20. The van der Waals surface area contributed by atoms with Crippen molar-refractivity contribution in [3.05, 3.63) is 35.4 Å². The molecule has 1 fully saturated rings. The van der Waals surface area contributed by atoms with Crippen LogP contribution in [0.3, 0.4) is 0 Å². The van der Waals surface area contributed by atoms with Crippen LogP contribution >= 0.6 is 0 Å². The van der Waals surface area contributed by atoms with Crippen molar-refractivity contribution < 1.29 is 32.6 Å². The third kappa shape index (κ3) is 6.02. The predicted octanol–water partition coefficient (Wildman–Crippen LogP) is 1.81. The molecule has 1 N–H and O–H groups in total. The molecule has 1 unspecified atom stereocenters. The molecule has 6 nitrogen and oxygen atoms in total. The molecule has 1 aromatic carbocycles. The van der Waals surface area contributed by atoms with Gasteiger partial charge in [0.1, 0.15) is 0 Å². The topological polar surface area (TPSA) is 70.1 Å². The van der Waals surface area contributed by atoms with Crippen molar-refractivity contribution in [1.82, 2.24) is 9.80 Å². The third-order valence-electron chi connectivity index (χ3n) is 3.53. The summed E-state index contributed by atoms with van der Waals surface area (Å²) < 4.78 is 44.6. The van der Waals surface area contributed by atoms with Gasteiger partial charge in [-0.05, 0) is 26.2 Å². The number of hydrogen-bond acceptors (Lipinski definition) is 4. The predicted molar refractivity (Wildman–Crippen MR) is 84.3 cm³/mol. The number of benzene rings is 1. The van der Waals surface area contributed by atoms with E-state index in [1.54, 1.807) is 0 Å². The summed E-state index contributed by atoms with van der Waals surface area (Å²) >= 11 is 0. The zero-order valence-corrected chi connectivity index (χ0v) is 14.0. The Morgan fingerprint density at radius 1 is 1.40 bits per heavy atom. The number of carboxylic acid groups (broad SMARTS) is 1. The number of morpholine rings is 1. The first-order valence-corrected chi connectivity index (χ1v) is 7.49. The summed E-state index contributed by atoms with van der Waals surface area (Å²) in [5.74, 6) is -0.594. The van der Waals surface area contributed by atoms with Gasteiger partial charge < -0.3 is 19.6 Å². The lowest BCUT2D eigenvalue weighted by molar-refractivity contribution is -0.138. The molecule has 0 aliphatic carbocycles. The number of carbonyl (C=O) groups is 2. The number of amides is 1. The smallest absolute Gasteiger partial charge is 0.417 e. The summed E-state index contributed by atoms with van der Waals surface area (Å²) in [5, 5.41) is 6.89. The maximum absolute atomic E-state index is 13.1. The number of ether oxygens (including phenoxy) is 1.